The number of carbonyl (C=O) groups excluding carboxylic acids is 2. The predicted molar refractivity (Wildman–Crippen MR) is 121 cm³/mol. The molecule has 0 unspecified atom stereocenters. The van der Waals surface area contributed by atoms with Crippen LogP contribution in [-0.2, 0) is 11.3 Å². The van der Waals surface area contributed by atoms with Gasteiger partial charge < -0.3 is 18.8 Å². The van der Waals surface area contributed by atoms with Crippen LogP contribution in [0.2, 0.25) is 5.02 Å². The van der Waals surface area contributed by atoms with Crippen molar-refractivity contribution in [2.75, 3.05) is 26.2 Å². The number of amides is 2. The fourth-order valence-electron chi connectivity index (χ4n) is 3.99. The number of carbonyl (C=O) groups is 2. The summed E-state index contributed by atoms with van der Waals surface area (Å²) in [6.45, 7) is 2.23. The minimum absolute atomic E-state index is 0.0374. The Balaban J connectivity index is 1.34. The second kappa shape index (κ2) is 8.24. The van der Waals surface area contributed by atoms with E-state index in [1.54, 1.807) is 28.4 Å². The standard InChI is InChI=1S/C23H20ClN3O3S/c24-17-5-6-18-16(13-17)14-19(21-4-2-12-31-21)27(18)15-22(28)25-7-9-26(10-8-25)23(29)20-3-1-11-30-20/h1-6,11-14H,7-10,15H2. The number of hydrogen-bond acceptors (Lipinski definition) is 4. The van der Waals surface area contributed by atoms with E-state index in [-0.39, 0.29) is 18.4 Å². The Morgan fingerprint density at radius 1 is 1.00 bits per heavy atom. The summed E-state index contributed by atoms with van der Waals surface area (Å²) in [7, 11) is 0. The maximum Gasteiger partial charge on any atom is 0.289 e. The van der Waals surface area contributed by atoms with Gasteiger partial charge in [-0.3, -0.25) is 9.59 Å². The zero-order chi connectivity index (χ0) is 21.4. The Morgan fingerprint density at radius 2 is 1.81 bits per heavy atom. The lowest BCUT2D eigenvalue weighted by Crippen LogP contribution is -2.51. The summed E-state index contributed by atoms with van der Waals surface area (Å²) in [5.41, 5.74) is 1.99. The molecule has 6 nitrogen and oxygen atoms in total. The van der Waals surface area contributed by atoms with Crippen molar-refractivity contribution < 1.29 is 14.0 Å². The number of thiophene rings is 1. The Morgan fingerprint density at radius 3 is 2.52 bits per heavy atom. The zero-order valence-corrected chi connectivity index (χ0v) is 18.2. The highest BCUT2D eigenvalue weighted by atomic mass is 35.5. The van der Waals surface area contributed by atoms with Crippen LogP contribution in [0, 0.1) is 0 Å². The highest BCUT2D eigenvalue weighted by molar-refractivity contribution is 7.13. The van der Waals surface area contributed by atoms with Gasteiger partial charge in [0.15, 0.2) is 5.76 Å². The summed E-state index contributed by atoms with van der Waals surface area (Å²) in [5, 5.41) is 3.71. The van der Waals surface area contributed by atoms with E-state index in [4.69, 9.17) is 16.0 Å². The van der Waals surface area contributed by atoms with E-state index in [0.717, 1.165) is 21.5 Å². The quantitative estimate of drug-likeness (QED) is 0.453. The van der Waals surface area contributed by atoms with Crippen molar-refractivity contribution in [3.8, 4) is 10.6 Å². The third-order valence-corrected chi connectivity index (χ3v) is 6.71. The van der Waals surface area contributed by atoms with E-state index < -0.39 is 0 Å². The number of halogens is 1. The van der Waals surface area contributed by atoms with Crippen LogP contribution >= 0.6 is 22.9 Å². The maximum absolute atomic E-state index is 13.2. The predicted octanol–water partition coefficient (Wildman–Crippen LogP) is 4.60. The molecule has 0 atom stereocenters. The molecule has 8 heteroatoms. The molecule has 1 aliphatic heterocycles. The molecule has 4 aromatic rings. The summed E-state index contributed by atoms with van der Waals surface area (Å²) in [6, 6.07) is 15.2. The molecular weight excluding hydrogens is 434 g/mol. The summed E-state index contributed by atoms with van der Waals surface area (Å²) < 4.78 is 7.26. The van der Waals surface area contributed by atoms with E-state index in [1.165, 1.54) is 6.26 Å². The average molecular weight is 454 g/mol. The highest BCUT2D eigenvalue weighted by Crippen LogP contribution is 2.32. The van der Waals surface area contributed by atoms with E-state index in [2.05, 4.69) is 16.7 Å². The van der Waals surface area contributed by atoms with Crippen LogP contribution in [0.5, 0.6) is 0 Å². The molecule has 1 saturated heterocycles. The fourth-order valence-corrected chi connectivity index (χ4v) is 4.92. The number of fused-ring (bicyclic) bond motifs is 1. The molecule has 0 aliphatic carbocycles. The van der Waals surface area contributed by atoms with Crippen molar-refractivity contribution in [3.63, 3.8) is 0 Å². The molecule has 0 radical (unpaired) electrons. The summed E-state index contributed by atoms with van der Waals surface area (Å²) in [4.78, 5) is 30.3. The largest absolute Gasteiger partial charge is 0.459 e. The lowest BCUT2D eigenvalue weighted by atomic mass is 10.2. The Bertz CT molecular complexity index is 1220. The topological polar surface area (TPSA) is 58.7 Å². The molecular formula is C23H20ClN3O3S. The summed E-state index contributed by atoms with van der Waals surface area (Å²) >= 11 is 7.83. The van der Waals surface area contributed by atoms with Gasteiger partial charge in [-0.1, -0.05) is 17.7 Å². The van der Waals surface area contributed by atoms with Gasteiger partial charge in [0.1, 0.15) is 6.54 Å². The van der Waals surface area contributed by atoms with Gasteiger partial charge in [-0.2, -0.15) is 0 Å². The van der Waals surface area contributed by atoms with Gasteiger partial charge in [0.2, 0.25) is 5.91 Å². The van der Waals surface area contributed by atoms with Gasteiger partial charge in [-0.25, -0.2) is 0 Å². The molecule has 4 heterocycles. The minimum atomic E-state index is -0.134. The van der Waals surface area contributed by atoms with Crippen molar-refractivity contribution in [1.29, 1.82) is 0 Å². The van der Waals surface area contributed by atoms with Crippen molar-refractivity contribution in [1.82, 2.24) is 14.4 Å². The van der Waals surface area contributed by atoms with Crippen LogP contribution in [0.15, 0.2) is 64.6 Å². The van der Waals surface area contributed by atoms with Gasteiger partial charge in [-0.05, 0) is 47.8 Å². The fraction of sp³-hybridized carbons (Fsp3) is 0.217. The molecule has 1 aromatic carbocycles. The van der Waals surface area contributed by atoms with Crippen molar-refractivity contribution in [2.45, 2.75) is 6.54 Å². The SMILES string of the molecule is O=C(Cn1c(-c2cccs2)cc2cc(Cl)ccc21)N1CCN(C(=O)c2ccco2)CC1. The normalized spacial score (nSPS) is 14.4. The van der Waals surface area contributed by atoms with E-state index >= 15 is 0 Å². The molecule has 0 N–H and O–H groups in total. The highest BCUT2D eigenvalue weighted by Gasteiger charge is 2.27. The number of rotatable bonds is 4. The first kappa shape index (κ1) is 19.9. The number of hydrogen-bond donors (Lipinski definition) is 0. The van der Waals surface area contributed by atoms with Crippen LogP contribution < -0.4 is 0 Å². The van der Waals surface area contributed by atoms with Gasteiger partial charge in [-0.15, -0.1) is 11.3 Å². The summed E-state index contributed by atoms with van der Waals surface area (Å²) in [6.07, 6.45) is 1.49. The van der Waals surface area contributed by atoms with Crippen molar-refractivity contribution in [2.24, 2.45) is 0 Å². The average Bonchev–Trinajstić information content (AvgIpc) is 3.54. The van der Waals surface area contributed by atoms with Crippen molar-refractivity contribution >= 4 is 45.7 Å². The Kier molecular flexibility index (Phi) is 5.29. The molecule has 3 aromatic heterocycles. The van der Waals surface area contributed by atoms with E-state index in [1.807, 2.05) is 34.5 Å². The van der Waals surface area contributed by atoms with Gasteiger partial charge >= 0.3 is 0 Å². The van der Waals surface area contributed by atoms with Crippen LogP contribution in [0.4, 0.5) is 0 Å². The number of furan rings is 1. The molecule has 0 spiro atoms. The van der Waals surface area contributed by atoms with Gasteiger partial charge in [0.25, 0.3) is 5.91 Å². The maximum atomic E-state index is 13.2. The third-order valence-electron chi connectivity index (χ3n) is 5.58. The molecule has 158 valence electrons. The first-order valence-corrected chi connectivity index (χ1v) is 11.3. The first-order valence-electron chi connectivity index (χ1n) is 10.0. The van der Waals surface area contributed by atoms with Crippen LogP contribution in [0.3, 0.4) is 0 Å². The molecule has 31 heavy (non-hydrogen) atoms. The van der Waals surface area contributed by atoms with Gasteiger partial charge in [0.05, 0.1) is 16.8 Å². The number of piperazine rings is 1. The molecule has 0 saturated carbocycles. The smallest absolute Gasteiger partial charge is 0.289 e. The molecule has 0 bridgehead atoms. The Hall–Kier alpha value is -3.03. The first-order chi connectivity index (χ1) is 15.1. The Labute approximate surface area is 188 Å². The van der Waals surface area contributed by atoms with Crippen LogP contribution in [0.25, 0.3) is 21.5 Å². The zero-order valence-electron chi connectivity index (χ0n) is 16.7. The minimum Gasteiger partial charge on any atom is -0.459 e. The summed E-state index contributed by atoms with van der Waals surface area (Å²) in [5.74, 6) is 0.235. The van der Waals surface area contributed by atoms with Crippen molar-refractivity contribution in [3.05, 3.63) is 71.0 Å². The number of aromatic nitrogens is 1. The van der Waals surface area contributed by atoms with Gasteiger partial charge in [0, 0.05) is 42.1 Å². The lowest BCUT2D eigenvalue weighted by molar-refractivity contribution is -0.133. The third kappa shape index (κ3) is 3.86. The molecule has 5 rings (SSSR count). The second-order valence-corrected chi connectivity index (χ2v) is 8.83. The van der Waals surface area contributed by atoms with E-state index in [0.29, 0.717) is 37.0 Å². The molecule has 2 amide bonds. The second-order valence-electron chi connectivity index (χ2n) is 7.45. The molecule has 1 fully saturated rings. The lowest BCUT2D eigenvalue weighted by Gasteiger charge is -2.34. The van der Waals surface area contributed by atoms with Crippen LogP contribution in [0.1, 0.15) is 10.6 Å². The monoisotopic (exact) mass is 453 g/mol. The molecule has 1 aliphatic rings. The number of nitrogens with zero attached hydrogens (tertiary/aromatic N) is 3. The van der Waals surface area contributed by atoms with Crippen LogP contribution in [-0.4, -0.2) is 52.4 Å². The number of benzene rings is 1. The van der Waals surface area contributed by atoms with E-state index in [9.17, 15) is 9.59 Å².